The Morgan fingerprint density at radius 2 is 2.40 bits per heavy atom. The molecule has 0 aromatic rings. The van der Waals surface area contributed by atoms with Gasteiger partial charge in [0.1, 0.15) is 0 Å². The summed E-state index contributed by atoms with van der Waals surface area (Å²) in [6.07, 6.45) is 10.5. The molecule has 0 aromatic heterocycles. The van der Waals surface area contributed by atoms with Gasteiger partial charge >= 0.3 is 0 Å². The van der Waals surface area contributed by atoms with E-state index in [-0.39, 0.29) is 5.41 Å². The molecule has 50 valence electrons. The summed E-state index contributed by atoms with van der Waals surface area (Å²) in [5, 5.41) is 8.84. The molecule has 1 saturated carbocycles. The van der Waals surface area contributed by atoms with E-state index in [1.165, 1.54) is 6.42 Å². The molecule has 0 saturated heterocycles. The highest BCUT2D eigenvalue weighted by atomic mass is 14.5. The maximum atomic E-state index is 8.84. The van der Waals surface area contributed by atoms with E-state index >= 15 is 0 Å². The molecule has 0 amide bonds. The fourth-order valence-corrected chi connectivity index (χ4v) is 1.70. The molecular formula is C9H9N. The normalized spacial score (nSPS) is 41.7. The second-order valence-electron chi connectivity index (χ2n) is 3.04. The number of hydrogen-bond acceptors (Lipinski definition) is 1. The van der Waals surface area contributed by atoms with Gasteiger partial charge in [-0.1, -0.05) is 24.3 Å². The predicted octanol–water partition coefficient (Wildman–Crippen LogP) is 2.03. The fraction of sp³-hybridized carbons (Fsp3) is 0.444. The average molecular weight is 131 g/mol. The van der Waals surface area contributed by atoms with E-state index < -0.39 is 0 Å². The Hall–Kier alpha value is -1.03. The SMILES string of the molecule is N#CC12C=CC=CC1CC2. The maximum absolute atomic E-state index is 8.84. The summed E-state index contributed by atoms with van der Waals surface area (Å²) in [5.41, 5.74) is -0.102. The van der Waals surface area contributed by atoms with Gasteiger partial charge in [0.25, 0.3) is 0 Å². The first-order chi connectivity index (χ1) is 4.87. The van der Waals surface area contributed by atoms with E-state index in [4.69, 9.17) is 5.26 Å². The van der Waals surface area contributed by atoms with Gasteiger partial charge in [-0.15, -0.1) is 0 Å². The predicted molar refractivity (Wildman–Crippen MR) is 39.1 cm³/mol. The van der Waals surface area contributed by atoms with Crippen molar-refractivity contribution < 1.29 is 0 Å². The highest BCUT2D eigenvalue weighted by molar-refractivity contribution is 5.30. The molecule has 0 radical (unpaired) electrons. The van der Waals surface area contributed by atoms with Crippen LogP contribution in [0, 0.1) is 22.7 Å². The maximum Gasteiger partial charge on any atom is 0.0819 e. The first kappa shape index (κ1) is 5.73. The van der Waals surface area contributed by atoms with Crippen molar-refractivity contribution in [3.05, 3.63) is 24.3 Å². The minimum absolute atomic E-state index is 0.102. The zero-order valence-electron chi connectivity index (χ0n) is 5.75. The van der Waals surface area contributed by atoms with Crippen LogP contribution in [0.2, 0.25) is 0 Å². The van der Waals surface area contributed by atoms with Crippen LogP contribution in [-0.4, -0.2) is 0 Å². The fourth-order valence-electron chi connectivity index (χ4n) is 1.70. The second kappa shape index (κ2) is 1.73. The van der Waals surface area contributed by atoms with Gasteiger partial charge in [-0.05, 0) is 18.8 Å². The Kier molecular flexibility index (Phi) is 0.990. The lowest BCUT2D eigenvalue weighted by atomic mass is 9.59. The molecule has 0 aromatic carbocycles. The van der Waals surface area contributed by atoms with E-state index in [1.54, 1.807) is 0 Å². The van der Waals surface area contributed by atoms with Crippen LogP contribution in [0.25, 0.3) is 0 Å². The number of fused-ring (bicyclic) bond motifs is 1. The number of nitriles is 1. The quantitative estimate of drug-likeness (QED) is 0.493. The molecule has 10 heavy (non-hydrogen) atoms. The Morgan fingerprint density at radius 3 is 2.80 bits per heavy atom. The largest absolute Gasteiger partial charge is 0.197 e. The Labute approximate surface area is 60.7 Å². The molecule has 0 N–H and O–H groups in total. The molecule has 0 bridgehead atoms. The van der Waals surface area contributed by atoms with E-state index in [9.17, 15) is 0 Å². The van der Waals surface area contributed by atoms with Crippen molar-refractivity contribution in [2.45, 2.75) is 12.8 Å². The van der Waals surface area contributed by atoms with E-state index in [2.05, 4.69) is 12.1 Å². The van der Waals surface area contributed by atoms with Crippen LogP contribution in [0.3, 0.4) is 0 Å². The third kappa shape index (κ3) is 0.515. The lowest BCUT2D eigenvalue weighted by molar-refractivity contribution is 0.196. The van der Waals surface area contributed by atoms with Crippen LogP contribution in [0.5, 0.6) is 0 Å². The van der Waals surface area contributed by atoms with E-state index in [1.807, 2.05) is 18.2 Å². The third-order valence-corrected chi connectivity index (χ3v) is 2.59. The van der Waals surface area contributed by atoms with Crippen molar-refractivity contribution in [1.29, 1.82) is 5.26 Å². The molecule has 2 atom stereocenters. The van der Waals surface area contributed by atoms with Crippen molar-refractivity contribution >= 4 is 0 Å². The number of nitrogens with zero attached hydrogens (tertiary/aromatic N) is 1. The van der Waals surface area contributed by atoms with Gasteiger partial charge in [0.05, 0.1) is 11.5 Å². The van der Waals surface area contributed by atoms with Gasteiger partial charge < -0.3 is 0 Å². The van der Waals surface area contributed by atoms with Gasteiger partial charge in [0.15, 0.2) is 0 Å². The lowest BCUT2D eigenvalue weighted by Crippen LogP contribution is -2.36. The topological polar surface area (TPSA) is 23.8 Å². The Morgan fingerprint density at radius 1 is 1.50 bits per heavy atom. The molecule has 1 fully saturated rings. The van der Waals surface area contributed by atoms with E-state index in [0.29, 0.717) is 5.92 Å². The van der Waals surface area contributed by atoms with Gasteiger partial charge in [0.2, 0.25) is 0 Å². The molecule has 2 rings (SSSR count). The molecule has 1 nitrogen and oxygen atoms in total. The van der Waals surface area contributed by atoms with Gasteiger partial charge in [-0.3, -0.25) is 0 Å². The number of allylic oxidation sites excluding steroid dienone is 4. The minimum atomic E-state index is -0.102. The number of hydrogen-bond donors (Lipinski definition) is 0. The van der Waals surface area contributed by atoms with Crippen LogP contribution < -0.4 is 0 Å². The molecule has 0 spiro atoms. The first-order valence-corrected chi connectivity index (χ1v) is 3.65. The van der Waals surface area contributed by atoms with Crippen LogP contribution >= 0.6 is 0 Å². The lowest BCUT2D eigenvalue weighted by Gasteiger charge is -2.41. The van der Waals surface area contributed by atoms with Gasteiger partial charge in [-0.25, -0.2) is 0 Å². The van der Waals surface area contributed by atoms with Crippen molar-refractivity contribution in [3.8, 4) is 6.07 Å². The first-order valence-electron chi connectivity index (χ1n) is 3.65. The zero-order chi connectivity index (χ0) is 7.03. The van der Waals surface area contributed by atoms with Crippen molar-refractivity contribution in [2.24, 2.45) is 11.3 Å². The number of rotatable bonds is 0. The van der Waals surface area contributed by atoms with Gasteiger partial charge in [-0.2, -0.15) is 5.26 Å². The smallest absolute Gasteiger partial charge is 0.0819 e. The second-order valence-corrected chi connectivity index (χ2v) is 3.04. The molecule has 2 aliphatic carbocycles. The summed E-state index contributed by atoms with van der Waals surface area (Å²) < 4.78 is 0. The van der Waals surface area contributed by atoms with Crippen LogP contribution in [-0.2, 0) is 0 Å². The minimum Gasteiger partial charge on any atom is -0.197 e. The van der Waals surface area contributed by atoms with Gasteiger partial charge in [0, 0.05) is 0 Å². The summed E-state index contributed by atoms with van der Waals surface area (Å²) in [6.45, 7) is 0. The average Bonchev–Trinajstić information content (AvgIpc) is 1.93. The summed E-state index contributed by atoms with van der Waals surface area (Å²) >= 11 is 0. The molecule has 0 heterocycles. The highest BCUT2D eigenvalue weighted by Gasteiger charge is 2.44. The highest BCUT2D eigenvalue weighted by Crippen LogP contribution is 2.49. The molecule has 2 unspecified atom stereocenters. The molecule has 1 heteroatoms. The standard InChI is InChI=1S/C9H9N/c10-7-9-5-2-1-3-8(9)4-6-9/h1-3,5,8H,4,6H2. The summed E-state index contributed by atoms with van der Waals surface area (Å²) in [7, 11) is 0. The monoisotopic (exact) mass is 131 g/mol. The molecule has 0 aliphatic heterocycles. The summed E-state index contributed by atoms with van der Waals surface area (Å²) in [6, 6.07) is 2.38. The van der Waals surface area contributed by atoms with Crippen molar-refractivity contribution in [3.63, 3.8) is 0 Å². The zero-order valence-corrected chi connectivity index (χ0v) is 5.75. The van der Waals surface area contributed by atoms with E-state index in [0.717, 1.165) is 6.42 Å². The molecule has 2 aliphatic rings. The Balaban J connectivity index is 2.33. The van der Waals surface area contributed by atoms with Crippen molar-refractivity contribution in [2.75, 3.05) is 0 Å². The summed E-state index contributed by atoms with van der Waals surface area (Å²) in [5.74, 6) is 0.516. The van der Waals surface area contributed by atoms with Crippen LogP contribution in [0.4, 0.5) is 0 Å². The van der Waals surface area contributed by atoms with Crippen LogP contribution in [0.15, 0.2) is 24.3 Å². The molecular weight excluding hydrogens is 122 g/mol. The van der Waals surface area contributed by atoms with Crippen LogP contribution in [0.1, 0.15) is 12.8 Å². The third-order valence-electron chi connectivity index (χ3n) is 2.59. The summed E-state index contributed by atoms with van der Waals surface area (Å²) in [4.78, 5) is 0. The Bertz CT molecular complexity index is 244. The van der Waals surface area contributed by atoms with Crippen molar-refractivity contribution in [1.82, 2.24) is 0 Å².